The van der Waals surface area contributed by atoms with Crippen LogP contribution in [0.25, 0.3) is 0 Å². The average Bonchev–Trinajstić information content (AvgIpc) is 2.28. The average molecular weight is 262 g/mol. The number of oxime groups is 1. The van der Waals surface area contributed by atoms with Crippen molar-refractivity contribution in [1.82, 2.24) is 0 Å². The molecular formula is C10H13Cl2N3O. The number of anilines is 1. The second kappa shape index (κ2) is 5.82. The minimum atomic E-state index is -0.303. The molecule has 0 fully saturated rings. The van der Waals surface area contributed by atoms with Gasteiger partial charge in [0.2, 0.25) is 0 Å². The first kappa shape index (κ1) is 12.9. The zero-order valence-corrected chi connectivity index (χ0v) is 10.3. The minimum absolute atomic E-state index is 0.0958. The van der Waals surface area contributed by atoms with Crippen molar-refractivity contribution in [2.24, 2.45) is 10.9 Å². The lowest BCUT2D eigenvalue weighted by Gasteiger charge is -2.18. The Balaban J connectivity index is 2.94. The van der Waals surface area contributed by atoms with Crippen LogP contribution in [0.15, 0.2) is 23.4 Å². The lowest BCUT2D eigenvalue weighted by molar-refractivity contribution is 0.316. The van der Waals surface area contributed by atoms with Crippen molar-refractivity contribution < 1.29 is 5.21 Å². The number of benzene rings is 1. The normalized spacial score (nSPS) is 13.6. The lowest BCUT2D eigenvalue weighted by atomic mass is 10.2. The number of nitrogens with one attached hydrogen (secondary N) is 1. The van der Waals surface area contributed by atoms with Gasteiger partial charge >= 0.3 is 0 Å². The van der Waals surface area contributed by atoms with E-state index < -0.39 is 0 Å². The van der Waals surface area contributed by atoms with E-state index in [4.69, 9.17) is 34.1 Å². The summed E-state index contributed by atoms with van der Waals surface area (Å²) in [7, 11) is 0. The first-order chi connectivity index (χ1) is 7.60. The summed E-state index contributed by atoms with van der Waals surface area (Å²) in [5, 5.41) is 15.6. The van der Waals surface area contributed by atoms with Gasteiger partial charge in [0.25, 0.3) is 0 Å². The number of rotatable bonds is 4. The largest absolute Gasteiger partial charge is 0.409 e. The van der Waals surface area contributed by atoms with E-state index in [1.54, 1.807) is 18.2 Å². The maximum Gasteiger partial charge on any atom is 0.161 e. The number of para-hydroxylation sites is 1. The van der Waals surface area contributed by atoms with E-state index in [0.29, 0.717) is 22.2 Å². The first-order valence-corrected chi connectivity index (χ1v) is 5.53. The number of nitrogens with zero attached hydrogens (tertiary/aromatic N) is 1. The van der Waals surface area contributed by atoms with E-state index in [1.165, 1.54) is 0 Å². The number of hydrogen-bond acceptors (Lipinski definition) is 3. The monoisotopic (exact) mass is 261 g/mol. The standard InChI is InChI=1S/C10H13Cl2N3O/c1-2-8(10(13)15-16)14-9-6(11)4-3-5-7(9)12/h3-5,8,14,16H,2H2,1H3,(H2,13,15). The molecule has 0 bridgehead atoms. The molecule has 88 valence electrons. The number of hydrogen-bond donors (Lipinski definition) is 3. The molecule has 0 amide bonds. The maximum atomic E-state index is 8.61. The minimum Gasteiger partial charge on any atom is -0.409 e. The molecule has 4 nitrogen and oxygen atoms in total. The molecule has 0 heterocycles. The van der Waals surface area contributed by atoms with Crippen LogP contribution in [0.1, 0.15) is 13.3 Å². The molecule has 0 radical (unpaired) electrons. The van der Waals surface area contributed by atoms with Crippen LogP contribution in [0.5, 0.6) is 0 Å². The third-order valence-corrected chi connectivity index (χ3v) is 2.79. The summed E-state index contributed by atoms with van der Waals surface area (Å²) in [6, 6.07) is 4.88. The van der Waals surface area contributed by atoms with Crippen LogP contribution in [0.2, 0.25) is 10.0 Å². The van der Waals surface area contributed by atoms with Gasteiger partial charge in [-0.3, -0.25) is 0 Å². The summed E-state index contributed by atoms with van der Waals surface area (Å²) < 4.78 is 0. The highest BCUT2D eigenvalue weighted by Crippen LogP contribution is 2.30. The molecule has 1 rings (SSSR count). The molecule has 16 heavy (non-hydrogen) atoms. The second-order valence-corrected chi connectivity index (χ2v) is 4.04. The van der Waals surface area contributed by atoms with Crippen LogP contribution in [0.3, 0.4) is 0 Å². The number of halogens is 2. The highest BCUT2D eigenvalue weighted by molar-refractivity contribution is 6.39. The van der Waals surface area contributed by atoms with E-state index in [9.17, 15) is 0 Å². The molecule has 0 aliphatic rings. The van der Waals surface area contributed by atoms with Gasteiger partial charge in [-0.15, -0.1) is 0 Å². The smallest absolute Gasteiger partial charge is 0.161 e. The number of nitrogens with two attached hydrogens (primary N) is 1. The Bertz CT molecular complexity index is 375. The van der Waals surface area contributed by atoms with E-state index >= 15 is 0 Å². The molecular weight excluding hydrogens is 249 g/mol. The zero-order chi connectivity index (χ0) is 12.1. The van der Waals surface area contributed by atoms with E-state index in [1.807, 2.05) is 6.92 Å². The van der Waals surface area contributed by atoms with E-state index in [2.05, 4.69) is 10.5 Å². The zero-order valence-electron chi connectivity index (χ0n) is 8.74. The molecule has 1 aromatic rings. The van der Waals surface area contributed by atoms with Gasteiger partial charge in [-0.25, -0.2) is 0 Å². The fraction of sp³-hybridized carbons (Fsp3) is 0.300. The summed E-state index contributed by atoms with van der Waals surface area (Å²) in [4.78, 5) is 0. The summed E-state index contributed by atoms with van der Waals surface area (Å²) in [6.45, 7) is 1.90. The molecule has 1 unspecified atom stereocenters. The molecule has 0 spiro atoms. The van der Waals surface area contributed by atoms with Crippen molar-refractivity contribution in [3.05, 3.63) is 28.2 Å². The van der Waals surface area contributed by atoms with Gasteiger partial charge in [0, 0.05) is 0 Å². The highest BCUT2D eigenvalue weighted by Gasteiger charge is 2.14. The molecule has 1 atom stereocenters. The molecule has 0 aliphatic heterocycles. The fourth-order valence-electron chi connectivity index (χ4n) is 1.26. The van der Waals surface area contributed by atoms with Gasteiger partial charge in [-0.05, 0) is 18.6 Å². The lowest BCUT2D eigenvalue weighted by Crippen LogP contribution is -2.35. The molecule has 6 heteroatoms. The second-order valence-electron chi connectivity index (χ2n) is 3.23. The highest BCUT2D eigenvalue weighted by atomic mass is 35.5. The van der Waals surface area contributed by atoms with Crippen molar-refractivity contribution in [2.45, 2.75) is 19.4 Å². The van der Waals surface area contributed by atoms with Crippen molar-refractivity contribution in [3.8, 4) is 0 Å². The van der Waals surface area contributed by atoms with Gasteiger partial charge in [-0.1, -0.05) is 41.3 Å². The van der Waals surface area contributed by atoms with Gasteiger partial charge in [0.05, 0.1) is 21.8 Å². The molecule has 0 saturated carbocycles. The Labute approximate surface area is 104 Å². The summed E-state index contributed by atoms with van der Waals surface area (Å²) in [6.07, 6.45) is 0.650. The Morgan fingerprint density at radius 3 is 2.50 bits per heavy atom. The predicted molar refractivity (Wildman–Crippen MR) is 67.6 cm³/mol. The van der Waals surface area contributed by atoms with Crippen LogP contribution < -0.4 is 11.1 Å². The van der Waals surface area contributed by atoms with Crippen molar-refractivity contribution >= 4 is 34.7 Å². The summed E-state index contributed by atoms with van der Waals surface area (Å²) in [5.41, 5.74) is 6.11. The molecule has 4 N–H and O–H groups in total. The van der Waals surface area contributed by atoms with Gasteiger partial charge < -0.3 is 16.3 Å². The Hall–Kier alpha value is -1.13. The SMILES string of the molecule is CCC(Nc1c(Cl)cccc1Cl)C(N)=NO. The quantitative estimate of drug-likeness (QED) is 0.338. The van der Waals surface area contributed by atoms with Crippen LogP contribution in [-0.2, 0) is 0 Å². The van der Waals surface area contributed by atoms with Crippen molar-refractivity contribution in [2.75, 3.05) is 5.32 Å². The summed E-state index contributed by atoms with van der Waals surface area (Å²) in [5.74, 6) is 0.0958. The molecule has 0 aromatic heterocycles. The molecule has 0 saturated heterocycles. The fourth-order valence-corrected chi connectivity index (χ4v) is 1.77. The van der Waals surface area contributed by atoms with Gasteiger partial charge in [-0.2, -0.15) is 0 Å². The Morgan fingerprint density at radius 1 is 1.50 bits per heavy atom. The van der Waals surface area contributed by atoms with Crippen LogP contribution >= 0.6 is 23.2 Å². The van der Waals surface area contributed by atoms with Crippen molar-refractivity contribution in [3.63, 3.8) is 0 Å². The van der Waals surface area contributed by atoms with E-state index in [-0.39, 0.29) is 11.9 Å². The topological polar surface area (TPSA) is 70.6 Å². The molecule has 0 aliphatic carbocycles. The Kier molecular flexibility index (Phi) is 4.71. The van der Waals surface area contributed by atoms with Gasteiger partial charge in [0.1, 0.15) is 0 Å². The first-order valence-electron chi connectivity index (χ1n) is 4.78. The third kappa shape index (κ3) is 2.93. The Morgan fingerprint density at radius 2 is 2.06 bits per heavy atom. The predicted octanol–water partition coefficient (Wildman–Crippen LogP) is 2.93. The third-order valence-electron chi connectivity index (χ3n) is 2.16. The van der Waals surface area contributed by atoms with Gasteiger partial charge in [0.15, 0.2) is 5.84 Å². The number of amidine groups is 1. The van der Waals surface area contributed by atoms with Crippen LogP contribution in [-0.4, -0.2) is 17.1 Å². The van der Waals surface area contributed by atoms with Crippen LogP contribution in [0.4, 0.5) is 5.69 Å². The summed E-state index contributed by atoms with van der Waals surface area (Å²) >= 11 is 12.0. The maximum absolute atomic E-state index is 8.61. The van der Waals surface area contributed by atoms with Crippen LogP contribution in [0, 0.1) is 0 Å². The van der Waals surface area contributed by atoms with E-state index in [0.717, 1.165) is 0 Å². The van der Waals surface area contributed by atoms with Crippen molar-refractivity contribution in [1.29, 1.82) is 0 Å². The molecule has 1 aromatic carbocycles.